The Morgan fingerprint density at radius 2 is 1.56 bits per heavy atom. The van der Waals surface area contributed by atoms with Crippen LogP contribution in [0.1, 0.15) is 24.0 Å². The predicted molar refractivity (Wildman–Crippen MR) is 93.1 cm³/mol. The average molecular weight is 339 g/mol. The van der Waals surface area contributed by atoms with Crippen molar-refractivity contribution in [3.8, 4) is 0 Å². The number of nitrogens with zero attached hydrogens (tertiary/aromatic N) is 1. The molecule has 5 heteroatoms. The van der Waals surface area contributed by atoms with Gasteiger partial charge in [0.2, 0.25) is 0 Å². The summed E-state index contributed by atoms with van der Waals surface area (Å²) in [6.45, 7) is 0.139. The molecule has 3 rings (SSSR count). The maximum absolute atomic E-state index is 12.6. The molecule has 5 nitrogen and oxygen atoms in total. The molecule has 0 radical (unpaired) electrons. The molecule has 0 aliphatic heterocycles. The molecular weight excluding hydrogens is 318 g/mol. The van der Waals surface area contributed by atoms with Crippen LogP contribution < -0.4 is 0 Å². The molecule has 1 amide bonds. The van der Waals surface area contributed by atoms with E-state index >= 15 is 0 Å². The van der Waals surface area contributed by atoms with E-state index < -0.39 is 18.1 Å². The van der Waals surface area contributed by atoms with E-state index in [-0.39, 0.29) is 19.1 Å². The highest BCUT2D eigenvalue weighted by Crippen LogP contribution is 2.30. The topological polar surface area (TPSA) is 66.8 Å². The van der Waals surface area contributed by atoms with E-state index in [4.69, 9.17) is 4.74 Å². The lowest BCUT2D eigenvalue weighted by Crippen LogP contribution is -2.48. The maximum Gasteiger partial charge on any atom is 0.411 e. The van der Waals surface area contributed by atoms with E-state index in [1.54, 1.807) is 0 Å². The number of benzene rings is 2. The van der Waals surface area contributed by atoms with Crippen LogP contribution in [0.5, 0.6) is 0 Å². The van der Waals surface area contributed by atoms with E-state index in [0.717, 1.165) is 24.0 Å². The average Bonchev–Trinajstić information content (AvgIpc) is 3.46. The summed E-state index contributed by atoms with van der Waals surface area (Å²) in [6.07, 6.45) is 1.35. The number of amides is 1. The highest BCUT2D eigenvalue weighted by molar-refractivity contribution is 5.81. The number of carbonyl (C=O) groups is 2. The van der Waals surface area contributed by atoms with Gasteiger partial charge in [0.25, 0.3) is 0 Å². The van der Waals surface area contributed by atoms with Gasteiger partial charge >= 0.3 is 12.1 Å². The van der Waals surface area contributed by atoms with E-state index in [1.165, 1.54) is 4.90 Å². The summed E-state index contributed by atoms with van der Waals surface area (Å²) >= 11 is 0. The fraction of sp³-hybridized carbons (Fsp3) is 0.300. The van der Waals surface area contributed by atoms with Gasteiger partial charge in [-0.1, -0.05) is 60.7 Å². The Balaban J connectivity index is 1.71. The summed E-state index contributed by atoms with van der Waals surface area (Å²) in [5.74, 6) is -1.01. The molecule has 1 N–H and O–H groups in total. The summed E-state index contributed by atoms with van der Waals surface area (Å²) < 4.78 is 5.38. The Morgan fingerprint density at radius 1 is 1.00 bits per heavy atom. The molecule has 1 aliphatic carbocycles. The molecule has 130 valence electrons. The van der Waals surface area contributed by atoms with Gasteiger partial charge in [-0.15, -0.1) is 0 Å². The minimum Gasteiger partial charge on any atom is -0.480 e. The summed E-state index contributed by atoms with van der Waals surface area (Å²) in [5.41, 5.74) is 1.76. The van der Waals surface area contributed by atoms with E-state index in [2.05, 4.69) is 0 Å². The van der Waals surface area contributed by atoms with Gasteiger partial charge in [-0.3, -0.25) is 4.90 Å². The molecule has 2 aromatic carbocycles. The van der Waals surface area contributed by atoms with Crippen molar-refractivity contribution in [1.29, 1.82) is 0 Å². The zero-order valence-electron chi connectivity index (χ0n) is 13.9. The Hall–Kier alpha value is -2.82. The number of carbonyl (C=O) groups excluding carboxylic acids is 1. The van der Waals surface area contributed by atoms with Crippen LogP contribution in [0.25, 0.3) is 0 Å². The maximum atomic E-state index is 12.6. The standard InChI is InChI=1S/C20H21NO4/c22-19(23)18(13-15-7-3-1-4-8-15)21(17-11-12-17)20(24)25-14-16-9-5-2-6-10-16/h1-10,17-18H,11-14H2,(H,22,23). The molecular formula is C20H21NO4. The van der Waals surface area contributed by atoms with Gasteiger partial charge in [-0.25, -0.2) is 9.59 Å². The molecule has 1 atom stereocenters. The number of carboxylic acids is 1. The molecule has 0 spiro atoms. The largest absolute Gasteiger partial charge is 0.480 e. The third-order valence-corrected chi connectivity index (χ3v) is 4.25. The minimum atomic E-state index is -1.01. The van der Waals surface area contributed by atoms with Gasteiger partial charge < -0.3 is 9.84 Å². The quantitative estimate of drug-likeness (QED) is 0.838. The van der Waals surface area contributed by atoms with Gasteiger partial charge in [-0.2, -0.15) is 0 Å². The Bertz CT molecular complexity index is 713. The van der Waals surface area contributed by atoms with E-state index in [1.807, 2.05) is 60.7 Å². The van der Waals surface area contributed by atoms with Crippen LogP contribution in [0.3, 0.4) is 0 Å². The zero-order chi connectivity index (χ0) is 17.6. The van der Waals surface area contributed by atoms with E-state index in [9.17, 15) is 14.7 Å². The van der Waals surface area contributed by atoms with Gasteiger partial charge in [0.1, 0.15) is 12.6 Å². The second-order valence-electron chi connectivity index (χ2n) is 6.22. The van der Waals surface area contributed by atoms with Crippen LogP contribution in [0, 0.1) is 0 Å². The number of hydrogen-bond acceptors (Lipinski definition) is 3. The lowest BCUT2D eigenvalue weighted by molar-refractivity contribution is -0.143. The number of aliphatic carboxylic acids is 1. The van der Waals surface area contributed by atoms with Crippen LogP contribution in [-0.4, -0.2) is 34.2 Å². The SMILES string of the molecule is O=C(O)C(Cc1ccccc1)N(C(=O)OCc1ccccc1)C1CC1. The Kier molecular flexibility index (Phi) is 5.33. The number of hydrogen-bond donors (Lipinski definition) is 1. The summed E-state index contributed by atoms with van der Waals surface area (Å²) in [6, 6.07) is 17.8. The smallest absolute Gasteiger partial charge is 0.411 e. The first-order valence-electron chi connectivity index (χ1n) is 8.41. The van der Waals surface area contributed by atoms with Crippen LogP contribution in [0.2, 0.25) is 0 Å². The van der Waals surface area contributed by atoms with Gasteiger partial charge in [-0.05, 0) is 24.0 Å². The third kappa shape index (κ3) is 4.59. The molecule has 0 bridgehead atoms. The first-order valence-corrected chi connectivity index (χ1v) is 8.41. The molecule has 2 aromatic rings. The molecule has 0 heterocycles. The zero-order valence-corrected chi connectivity index (χ0v) is 13.9. The van der Waals surface area contributed by atoms with Crippen molar-refractivity contribution < 1.29 is 19.4 Å². The fourth-order valence-corrected chi connectivity index (χ4v) is 2.82. The molecule has 25 heavy (non-hydrogen) atoms. The lowest BCUT2D eigenvalue weighted by atomic mass is 10.0. The van der Waals surface area contributed by atoms with Crippen molar-refractivity contribution >= 4 is 12.1 Å². The highest BCUT2D eigenvalue weighted by atomic mass is 16.6. The molecule has 1 fully saturated rings. The second-order valence-corrected chi connectivity index (χ2v) is 6.22. The Labute approximate surface area is 146 Å². The van der Waals surface area contributed by atoms with Crippen molar-refractivity contribution in [1.82, 2.24) is 4.90 Å². The molecule has 1 aliphatic rings. The van der Waals surface area contributed by atoms with Gasteiger partial charge in [0.05, 0.1) is 0 Å². The van der Waals surface area contributed by atoms with Gasteiger partial charge in [0, 0.05) is 12.5 Å². The van der Waals surface area contributed by atoms with Crippen LogP contribution in [0.15, 0.2) is 60.7 Å². The van der Waals surface area contributed by atoms with Crippen molar-refractivity contribution in [3.05, 3.63) is 71.8 Å². The first-order chi connectivity index (χ1) is 12.1. The van der Waals surface area contributed by atoms with Gasteiger partial charge in [0.15, 0.2) is 0 Å². The third-order valence-electron chi connectivity index (χ3n) is 4.25. The van der Waals surface area contributed by atoms with Crippen molar-refractivity contribution in [2.45, 2.75) is 38.0 Å². The number of rotatable bonds is 7. The summed E-state index contributed by atoms with van der Waals surface area (Å²) in [5, 5.41) is 9.67. The predicted octanol–water partition coefficient (Wildman–Crippen LogP) is 3.48. The fourth-order valence-electron chi connectivity index (χ4n) is 2.82. The number of carboxylic acid groups (broad SMARTS) is 1. The Morgan fingerprint density at radius 3 is 2.08 bits per heavy atom. The normalized spacial score (nSPS) is 14.6. The molecule has 1 unspecified atom stereocenters. The number of ether oxygens (including phenoxy) is 1. The summed E-state index contributed by atoms with van der Waals surface area (Å²) in [4.78, 5) is 25.8. The minimum absolute atomic E-state index is 0.0481. The van der Waals surface area contributed by atoms with Crippen LogP contribution in [-0.2, 0) is 22.6 Å². The lowest BCUT2D eigenvalue weighted by Gasteiger charge is -2.28. The van der Waals surface area contributed by atoms with Crippen LogP contribution >= 0.6 is 0 Å². The van der Waals surface area contributed by atoms with E-state index in [0.29, 0.717) is 0 Å². The van der Waals surface area contributed by atoms with Crippen molar-refractivity contribution in [3.63, 3.8) is 0 Å². The first kappa shape index (κ1) is 17.0. The van der Waals surface area contributed by atoms with Crippen LogP contribution in [0.4, 0.5) is 4.79 Å². The monoisotopic (exact) mass is 339 g/mol. The van der Waals surface area contributed by atoms with Crippen molar-refractivity contribution in [2.24, 2.45) is 0 Å². The molecule has 0 aromatic heterocycles. The van der Waals surface area contributed by atoms with Crippen molar-refractivity contribution in [2.75, 3.05) is 0 Å². The molecule has 1 saturated carbocycles. The second kappa shape index (κ2) is 7.83. The highest BCUT2D eigenvalue weighted by Gasteiger charge is 2.41. The summed E-state index contributed by atoms with van der Waals surface area (Å²) in [7, 11) is 0. The molecule has 0 saturated heterocycles.